The zero-order valence-electron chi connectivity index (χ0n) is 11.3. The standard InChI is InChI=1S/C12H14N2O7/c1-19-7-3-6(11(16)17)4-8(20-2)10(7)21-5-9(15)14-12(13)18/h3-4H,5H2,1-2H3,(H,16,17)(H3,13,14,15,18). The van der Waals surface area contributed by atoms with Gasteiger partial charge in [0.25, 0.3) is 5.91 Å². The van der Waals surface area contributed by atoms with Gasteiger partial charge in [-0.1, -0.05) is 0 Å². The van der Waals surface area contributed by atoms with Crippen molar-refractivity contribution in [2.75, 3.05) is 20.8 Å². The van der Waals surface area contributed by atoms with E-state index in [2.05, 4.69) is 0 Å². The summed E-state index contributed by atoms with van der Waals surface area (Å²) >= 11 is 0. The number of carbonyl (C=O) groups is 3. The van der Waals surface area contributed by atoms with Crippen LogP contribution in [-0.4, -0.2) is 43.8 Å². The second-order valence-electron chi connectivity index (χ2n) is 3.72. The summed E-state index contributed by atoms with van der Waals surface area (Å²) in [5.74, 6) is -1.78. The van der Waals surface area contributed by atoms with Gasteiger partial charge in [-0.3, -0.25) is 10.1 Å². The highest BCUT2D eigenvalue weighted by Gasteiger charge is 2.18. The first-order valence-electron chi connectivity index (χ1n) is 5.60. The maximum atomic E-state index is 11.3. The third kappa shape index (κ3) is 4.27. The third-order valence-electron chi connectivity index (χ3n) is 2.32. The van der Waals surface area contributed by atoms with Crippen LogP contribution in [0.4, 0.5) is 4.79 Å². The van der Waals surface area contributed by atoms with E-state index in [1.54, 1.807) is 0 Å². The van der Waals surface area contributed by atoms with Gasteiger partial charge in [0, 0.05) is 0 Å². The smallest absolute Gasteiger partial charge is 0.335 e. The first-order valence-corrected chi connectivity index (χ1v) is 5.60. The number of hydrogen-bond acceptors (Lipinski definition) is 6. The fourth-order valence-electron chi connectivity index (χ4n) is 1.46. The van der Waals surface area contributed by atoms with E-state index in [9.17, 15) is 14.4 Å². The van der Waals surface area contributed by atoms with Crippen LogP contribution in [0.1, 0.15) is 10.4 Å². The van der Waals surface area contributed by atoms with Gasteiger partial charge in [-0.25, -0.2) is 9.59 Å². The van der Waals surface area contributed by atoms with Gasteiger partial charge < -0.3 is 25.1 Å². The Bertz CT molecular complexity index is 546. The minimum Gasteiger partial charge on any atom is -0.493 e. The molecule has 0 bridgehead atoms. The fraction of sp³-hybridized carbons (Fsp3) is 0.250. The van der Waals surface area contributed by atoms with Crippen molar-refractivity contribution in [2.24, 2.45) is 5.73 Å². The number of carboxylic acids is 1. The van der Waals surface area contributed by atoms with E-state index in [-0.39, 0.29) is 22.8 Å². The van der Waals surface area contributed by atoms with Crippen molar-refractivity contribution < 1.29 is 33.7 Å². The van der Waals surface area contributed by atoms with E-state index in [1.807, 2.05) is 5.32 Å². The highest BCUT2D eigenvalue weighted by Crippen LogP contribution is 2.38. The molecule has 9 heteroatoms. The number of hydrogen-bond donors (Lipinski definition) is 3. The van der Waals surface area contributed by atoms with Crippen LogP contribution >= 0.6 is 0 Å². The Morgan fingerprint density at radius 1 is 1.19 bits per heavy atom. The van der Waals surface area contributed by atoms with Crippen LogP contribution in [-0.2, 0) is 4.79 Å². The van der Waals surface area contributed by atoms with Crippen LogP contribution in [0.2, 0.25) is 0 Å². The van der Waals surface area contributed by atoms with Gasteiger partial charge in [-0.2, -0.15) is 0 Å². The largest absolute Gasteiger partial charge is 0.493 e. The molecule has 0 heterocycles. The number of nitrogens with two attached hydrogens (primary N) is 1. The summed E-state index contributed by atoms with van der Waals surface area (Å²) in [6, 6.07) is 1.42. The molecule has 0 unspecified atom stereocenters. The molecule has 0 aliphatic heterocycles. The minimum atomic E-state index is -1.18. The van der Waals surface area contributed by atoms with E-state index >= 15 is 0 Å². The summed E-state index contributed by atoms with van der Waals surface area (Å²) in [6.07, 6.45) is 0. The molecule has 9 nitrogen and oxygen atoms in total. The molecule has 0 saturated heterocycles. The van der Waals surface area contributed by atoms with Crippen LogP contribution in [0.15, 0.2) is 12.1 Å². The summed E-state index contributed by atoms with van der Waals surface area (Å²) in [6.45, 7) is -0.526. The predicted octanol–water partition coefficient (Wildman–Crippen LogP) is -0.0243. The molecule has 0 fully saturated rings. The van der Waals surface area contributed by atoms with Crippen molar-refractivity contribution in [1.82, 2.24) is 5.32 Å². The quantitative estimate of drug-likeness (QED) is 0.670. The summed E-state index contributed by atoms with van der Waals surface area (Å²) in [5, 5.41) is 10.8. The average molecular weight is 298 g/mol. The summed E-state index contributed by atoms with van der Waals surface area (Å²) in [5.41, 5.74) is 4.71. The Morgan fingerprint density at radius 3 is 2.10 bits per heavy atom. The number of imide groups is 1. The number of nitrogens with one attached hydrogen (secondary N) is 1. The van der Waals surface area contributed by atoms with Gasteiger partial charge in [-0.15, -0.1) is 0 Å². The number of ether oxygens (including phenoxy) is 3. The van der Waals surface area contributed by atoms with Gasteiger partial charge in [0.2, 0.25) is 5.75 Å². The third-order valence-corrected chi connectivity index (χ3v) is 2.32. The fourth-order valence-corrected chi connectivity index (χ4v) is 1.46. The molecule has 3 amide bonds. The van der Waals surface area contributed by atoms with Gasteiger partial charge in [0.05, 0.1) is 19.8 Å². The molecule has 0 radical (unpaired) electrons. The van der Waals surface area contributed by atoms with Gasteiger partial charge in [-0.05, 0) is 12.1 Å². The molecule has 1 rings (SSSR count). The Hall–Kier alpha value is -2.97. The van der Waals surface area contributed by atoms with Gasteiger partial charge >= 0.3 is 12.0 Å². The lowest BCUT2D eigenvalue weighted by Crippen LogP contribution is -2.38. The highest BCUT2D eigenvalue weighted by molar-refractivity contribution is 5.94. The topological polar surface area (TPSA) is 137 Å². The van der Waals surface area contributed by atoms with Crippen molar-refractivity contribution in [3.63, 3.8) is 0 Å². The first-order chi connectivity index (χ1) is 9.88. The van der Waals surface area contributed by atoms with Crippen LogP contribution in [0.5, 0.6) is 17.2 Å². The second kappa shape index (κ2) is 6.98. The molecule has 0 aromatic heterocycles. The molecule has 0 aliphatic carbocycles. The number of amides is 3. The lowest BCUT2D eigenvalue weighted by Gasteiger charge is -2.14. The Balaban J connectivity index is 3.02. The summed E-state index contributed by atoms with van der Waals surface area (Å²) in [4.78, 5) is 32.8. The molecule has 0 spiro atoms. The second-order valence-corrected chi connectivity index (χ2v) is 3.72. The zero-order valence-corrected chi connectivity index (χ0v) is 11.3. The van der Waals surface area contributed by atoms with Crippen LogP contribution < -0.4 is 25.3 Å². The molecule has 0 saturated carbocycles. The molecular formula is C12H14N2O7. The SMILES string of the molecule is COc1cc(C(=O)O)cc(OC)c1OCC(=O)NC(N)=O. The molecular weight excluding hydrogens is 284 g/mol. The molecule has 1 aromatic rings. The van der Waals surface area contributed by atoms with Crippen molar-refractivity contribution >= 4 is 17.9 Å². The van der Waals surface area contributed by atoms with Gasteiger partial charge in [0.15, 0.2) is 18.1 Å². The van der Waals surface area contributed by atoms with E-state index in [0.717, 1.165) is 0 Å². The first kappa shape index (κ1) is 16.1. The monoisotopic (exact) mass is 298 g/mol. The Labute approximate surface area is 119 Å². The molecule has 0 atom stereocenters. The number of urea groups is 1. The van der Waals surface area contributed by atoms with Crippen molar-refractivity contribution in [1.29, 1.82) is 0 Å². The molecule has 1 aromatic carbocycles. The number of methoxy groups -OCH3 is 2. The molecule has 4 N–H and O–H groups in total. The molecule has 21 heavy (non-hydrogen) atoms. The van der Waals surface area contributed by atoms with Crippen LogP contribution in [0.25, 0.3) is 0 Å². The van der Waals surface area contributed by atoms with E-state index in [1.165, 1.54) is 26.4 Å². The predicted molar refractivity (Wildman–Crippen MR) is 69.7 cm³/mol. The summed E-state index contributed by atoms with van der Waals surface area (Å²) < 4.78 is 15.2. The van der Waals surface area contributed by atoms with E-state index < -0.39 is 24.5 Å². The summed E-state index contributed by atoms with van der Waals surface area (Å²) in [7, 11) is 2.60. The zero-order chi connectivity index (χ0) is 16.0. The number of aromatic carboxylic acids is 1. The van der Waals surface area contributed by atoms with Gasteiger partial charge in [0.1, 0.15) is 0 Å². The average Bonchev–Trinajstić information content (AvgIpc) is 2.43. The number of benzene rings is 1. The maximum absolute atomic E-state index is 11.3. The number of rotatable bonds is 6. The number of carbonyl (C=O) groups excluding carboxylic acids is 2. The lowest BCUT2D eigenvalue weighted by atomic mass is 10.2. The van der Waals surface area contributed by atoms with E-state index in [4.69, 9.17) is 25.1 Å². The van der Waals surface area contributed by atoms with E-state index in [0.29, 0.717) is 0 Å². The maximum Gasteiger partial charge on any atom is 0.335 e. The number of carboxylic acid groups (broad SMARTS) is 1. The molecule has 114 valence electrons. The van der Waals surface area contributed by atoms with Crippen LogP contribution in [0, 0.1) is 0 Å². The normalized spacial score (nSPS) is 9.62. The molecule has 0 aliphatic rings. The minimum absolute atomic E-state index is 0.0321. The van der Waals surface area contributed by atoms with Crippen molar-refractivity contribution in [3.05, 3.63) is 17.7 Å². The van der Waals surface area contributed by atoms with Crippen molar-refractivity contribution in [3.8, 4) is 17.2 Å². The Kier molecular flexibility index (Phi) is 5.35. The van der Waals surface area contributed by atoms with Crippen molar-refractivity contribution in [2.45, 2.75) is 0 Å². The number of primary amides is 1. The highest BCUT2D eigenvalue weighted by atomic mass is 16.5. The lowest BCUT2D eigenvalue weighted by molar-refractivity contribution is -0.121. The van der Waals surface area contributed by atoms with Crippen LogP contribution in [0.3, 0.4) is 0 Å². The Morgan fingerprint density at radius 2 is 1.71 bits per heavy atom.